The van der Waals surface area contributed by atoms with Crippen LogP contribution >= 0.6 is 7.60 Å². The van der Waals surface area contributed by atoms with Crippen molar-refractivity contribution in [3.63, 3.8) is 0 Å². The normalized spacial score (nSPS) is 12.8. The third kappa shape index (κ3) is 12.7. The fourth-order valence-corrected chi connectivity index (χ4v) is 3.86. The average Bonchev–Trinajstić information content (AvgIpc) is 2.49. The maximum Gasteiger partial charge on any atom is 0.341 e. The molecule has 0 aliphatic rings. The molecule has 0 heterocycles. The number of carbonyl (C=O) groups excluding carboxylic acids is 1. The Morgan fingerprint density at radius 2 is 1.58 bits per heavy atom. The number of esters is 1. The molecule has 0 radical (unpaired) electrons. The molecule has 0 fully saturated rings. The lowest BCUT2D eigenvalue weighted by Gasteiger charge is -2.18. The van der Waals surface area contributed by atoms with Crippen LogP contribution in [-0.2, 0) is 23.1 Å². The third-order valence-electron chi connectivity index (χ3n) is 3.58. The summed E-state index contributed by atoms with van der Waals surface area (Å²) in [7, 11) is -3.36. The molecule has 6 heteroatoms. The van der Waals surface area contributed by atoms with Gasteiger partial charge in [0.2, 0.25) is 0 Å². The Morgan fingerprint density at radius 3 is 2.12 bits per heavy atom. The first-order valence-corrected chi connectivity index (χ1v) is 10.9. The lowest BCUT2D eigenvalue weighted by molar-refractivity contribution is -0.145. The lowest BCUT2D eigenvalue weighted by Crippen LogP contribution is -2.19. The topological polar surface area (TPSA) is 61.8 Å². The highest BCUT2D eigenvalue weighted by Gasteiger charge is 2.29. The molecule has 0 bridgehead atoms. The van der Waals surface area contributed by atoms with Crippen LogP contribution in [0.1, 0.15) is 72.1 Å². The number of hydrogen-bond donors (Lipinski definition) is 0. The van der Waals surface area contributed by atoms with Crippen molar-refractivity contribution in [3.8, 4) is 0 Å². The van der Waals surface area contributed by atoms with E-state index in [0.29, 0.717) is 0 Å². The molecular formula is C18H35O5P. The molecule has 0 aromatic rings. The summed E-state index contributed by atoms with van der Waals surface area (Å²) >= 11 is 0. The average molecular weight is 362 g/mol. The first-order valence-electron chi connectivity index (χ1n) is 9.16. The van der Waals surface area contributed by atoms with Gasteiger partial charge in [0.25, 0.3) is 0 Å². The highest BCUT2D eigenvalue weighted by atomic mass is 31.2. The van der Waals surface area contributed by atoms with E-state index in [1.807, 2.05) is 13.0 Å². The largest absolute Gasteiger partial charge is 0.462 e. The van der Waals surface area contributed by atoms with Gasteiger partial charge in [-0.15, -0.1) is 6.58 Å². The molecule has 0 saturated carbocycles. The van der Waals surface area contributed by atoms with Crippen molar-refractivity contribution in [2.24, 2.45) is 0 Å². The van der Waals surface area contributed by atoms with E-state index in [2.05, 4.69) is 6.58 Å². The van der Waals surface area contributed by atoms with E-state index in [0.717, 1.165) is 25.7 Å². The molecule has 0 saturated heterocycles. The van der Waals surface area contributed by atoms with E-state index in [1.54, 1.807) is 13.8 Å². The van der Waals surface area contributed by atoms with Gasteiger partial charge in [0, 0.05) is 0 Å². The van der Waals surface area contributed by atoms with E-state index in [-0.39, 0.29) is 25.5 Å². The van der Waals surface area contributed by atoms with E-state index in [1.165, 1.54) is 25.7 Å². The van der Waals surface area contributed by atoms with Crippen LogP contribution in [0.3, 0.4) is 0 Å². The summed E-state index contributed by atoms with van der Waals surface area (Å²) < 4.78 is 27.8. The molecule has 5 nitrogen and oxygen atoms in total. The van der Waals surface area contributed by atoms with E-state index < -0.39 is 13.6 Å². The molecule has 0 spiro atoms. The quantitative estimate of drug-likeness (QED) is 0.157. The molecule has 0 aliphatic heterocycles. The van der Waals surface area contributed by atoms with Crippen molar-refractivity contribution in [2.45, 2.75) is 78.2 Å². The van der Waals surface area contributed by atoms with E-state index in [9.17, 15) is 9.36 Å². The van der Waals surface area contributed by atoms with Gasteiger partial charge in [0.1, 0.15) is 6.16 Å². The molecule has 142 valence electrons. The SMILES string of the molecule is C=CCCCCCCCC[C@H](C)OC(=O)CP(=O)(OCC)OCC. The van der Waals surface area contributed by atoms with Crippen molar-refractivity contribution in [1.29, 1.82) is 0 Å². The predicted molar refractivity (Wildman–Crippen MR) is 98.4 cm³/mol. The number of ether oxygens (including phenoxy) is 1. The second-order valence-corrected chi connectivity index (χ2v) is 7.95. The Bertz CT molecular complexity index is 374. The highest BCUT2D eigenvalue weighted by Crippen LogP contribution is 2.47. The van der Waals surface area contributed by atoms with Crippen LogP contribution in [0.2, 0.25) is 0 Å². The fraction of sp³-hybridized carbons (Fsp3) is 0.833. The summed E-state index contributed by atoms with van der Waals surface area (Å²) in [5.74, 6) is -0.517. The molecule has 0 amide bonds. The summed E-state index contributed by atoms with van der Waals surface area (Å²) in [6.07, 6.45) is 10.5. The van der Waals surface area contributed by atoms with E-state index >= 15 is 0 Å². The minimum Gasteiger partial charge on any atom is -0.462 e. The van der Waals surface area contributed by atoms with Crippen LogP contribution in [0.25, 0.3) is 0 Å². The third-order valence-corrected chi connectivity index (χ3v) is 5.52. The van der Waals surface area contributed by atoms with Gasteiger partial charge in [0.05, 0.1) is 19.3 Å². The number of allylic oxidation sites excluding steroid dienone is 1. The van der Waals surface area contributed by atoms with Crippen LogP contribution < -0.4 is 0 Å². The Labute approximate surface area is 147 Å². The molecule has 0 rings (SSSR count). The van der Waals surface area contributed by atoms with Crippen LogP contribution in [-0.4, -0.2) is 31.4 Å². The smallest absolute Gasteiger partial charge is 0.341 e. The van der Waals surface area contributed by atoms with Gasteiger partial charge in [-0.1, -0.05) is 31.8 Å². The molecular weight excluding hydrogens is 327 g/mol. The lowest BCUT2D eigenvalue weighted by atomic mass is 10.1. The molecule has 24 heavy (non-hydrogen) atoms. The monoisotopic (exact) mass is 362 g/mol. The van der Waals surface area contributed by atoms with Crippen molar-refractivity contribution in [2.75, 3.05) is 19.4 Å². The molecule has 0 aromatic heterocycles. The van der Waals surface area contributed by atoms with Crippen LogP contribution in [0.4, 0.5) is 0 Å². The molecule has 1 atom stereocenters. The molecule has 0 aliphatic carbocycles. The van der Waals surface area contributed by atoms with E-state index in [4.69, 9.17) is 13.8 Å². The van der Waals surface area contributed by atoms with Crippen molar-refractivity contribution >= 4 is 13.6 Å². The van der Waals surface area contributed by atoms with Crippen molar-refractivity contribution < 1.29 is 23.1 Å². The van der Waals surface area contributed by atoms with Crippen molar-refractivity contribution in [3.05, 3.63) is 12.7 Å². The first-order chi connectivity index (χ1) is 11.5. The van der Waals surface area contributed by atoms with Crippen LogP contribution in [0, 0.1) is 0 Å². The van der Waals surface area contributed by atoms with Gasteiger partial charge >= 0.3 is 13.6 Å². The minimum absolute atomic E-state index is 0.171. The summed E-state index contributed by atoms with van der Waals surface area (Å²) in [5, 5.41) is 0. The summed E-state index contributed by atoms with van der Waals surface area (Å²) in [5.41, 5.74) is 0. The van der Waals surface area contributed by atoms with Gasteiger partial charge in [0.15, 0.2) is 0 Å². The maximum atomic E-state index is 12.3. The minimum atomic E-state index is -3.36. The van der Waals surface area contributed by atoms with Crippen molar-refractivity contribution in [1.82, 2.24) is 0 Å². The zero-order chi connectivity index (χ0) is 18.3. The standard InChI is InChI=1S/C18H35O5P/c1-5-8-9-10-11-12-13-14-15-17(4)23-18(19)16-24(20,21-6-2)22-7-3/h5,17H,1,6-16H2,2-4H3/t17-/m0/s1. The molecule has 0 unspecified atom stereocenters. The summed E-state index contributed by atoms with van der Waals surface area (Å²) in [6, 6.07) is 0. The molecule has 0 N–H and O–H groups in total. The summed E-state index contributed by atoms with van der Waals surface area (Å²) in [6.45, 7) is 9.51. The van der Waals surface area contributed by atoms with Crippen LogP contribution in [0.15, 0.2) is 12.7 Å². The maximum absolute atomic E-state index is 12.3. The van der Waals surface area contributed by atoms with Gasteiger partial charge in [-0.2, -0.15) is 0 Å². The highest BCUT2D eigenvalue weighted by molar-refractivity contribution is 7.54. The zero-order valence-corrected chi connectivity index (χ0v) is 16.5. The van der Waals surface area contributed by atoms with Crippen LogP contribution in [0.5, 0.6) is 0 Å². The molecule has 0 aromatic carbocycles. The Hall–Kier alpha value is -0.640. The Morgan fingerprint density at radius 1 is 1.04 bits per heavy atom. The predicted octanol–water partition coefficient (Wildman–Crippen LogP) is 5.49. The Balaban J connectivity index is 3.85. The first kappa shape index (κ1) is 23.4. The van der Waals surface area contributed by atoms with Gasteiger partial charge in [-0.05, 0) is 46.5 Å². The Kier molecular flexibility index (Phi) is 14.3. The number of unbranched alkanes of at least 4 members (excludes halogenated alkanes) is 6. The second-order valence-electron chi connectivity index (χ2n) is 5.89. The van der Waals surface area contributed by atoms with Gasteiger partial charge in [-0.25, -0.2) is 0 Å². The van der Waals surface area contributed by atoms with Gasteiger partial charge < -0.3 is 13.8 Å². The zero-order valence-electron chi connectivity index (χ0n) is 15.6. The number of carbonyl (C=O) groups is 1. The summed E-state index contributed by atoms with van der Waals surface area (Å²) in [4.78, 5) is 11.9. The fourth-order valence-electron chi connectivity index (χ4n) is 2.43. The van der Waals surface area contributed by atoms with Gasteiger partial charge in [-0.3, -0.25) is 9.36 Å². The number of rotatable bonds is 16. The second kappa shape index (κ2) is 14.7. The number of hydrogen-bond acceptors (Lipinski definition) is 5.